The third kappa shape index (κ3) is 6.40. The monoisotopic (exact) mass is 619 g/mol. The SMILES string of the molecule is CC(=C1C=C(C(C)(C)C)OC(C(C)(C)C)=C1)C1=C(O)C(=CC2=CC(C(C)(C)C)=[Te]C(C(C)(C)C)=C2)C1=O. The van der Waals surface area contributed by atoms with Crippen LogP contribution in [0.15, 0.2) is 79.1 Å². The fourth-order valence-electron chi connectivity index (χ4n) is 4.02. The number of aliphatic hydroxyl groups is 1. The van der Waals surface area contributed by atoms with Crippen molar-refractivity contribution in [1.82, 2.24) is 0 Å². The normalized spacial score (nSPS) is 20.6. The van der Waals surface area contributed by atoms with Crippen LogP contribution in [0.1, 0.15) is 90.0 Å². The molecule has 0 saturated heterocycles. The second kappa shape index (κ2) is 9.69. The van der Waals surface area contributed by atoms with Gasteiger partial charge in [-0.25, -0.2) is 0 Å². The summed E-state index contributed by atoms with van der Waals surface area (Å²) in [4.78, 5) is 13.4. The van der Waals surface area contributed by atoms with E-state index >= 15 is 0 Å². The zero-order chi connectivity index (χ0) is 28.3. The molecule has 0 fully saturated rings. The maximum atomic E-state index is 13.4. The Labute approximate surface area is 234 Å². The molecule has 0 aromatic heterocycles. The van der Waals surface area contributed by atoms with Gasteiger partial charge in [0.05, 0.1) is 0 Å². The van der Waals surface area contributed by atoms with E-state index in [1.807, 2.05) is 25.2 Å². The van der Waals surface area contributed by atoms with Crippen molar-refractivity contribution in [2.75, 3.05) is 0 Å². The van der Waals surface area contributed by atoms with Crippen LogP contribution in [0, 0.1) is 21.7 Å². The Morgan fingerprint density at radius 3 is 1.70 bits per heavy atom. The fourth-order valence-corrected chi connectivity index (χ4v) is 7.55. The first-order chi connectivity index (χ1) is 16.6. The van der Waals surface area contributed by atoms with Gasteiger partial charge in [-0.15, -0.1) is 0 Å². The molecule has 0 saturated carbocycles. The minimum atomic E-state index is -0.448. The molecule has 0 atom stereocenters. The fraction of sp³-hybridized carbons (Fsp3) is 0.515. The second-order valence-corrected chi connectivity index (χ2v) is 17.5. The third-order valence-corrected chi connectivity index (χ3v) is 12.1. The van der Waals surface area contributed by atoms with Gasteiger partial charge in [-0.2, -0.15) is 0 Å². The van der Waals surface area contributed by atoms with Gasteiger partial charge in [-0.3, -0.25) is 0 Å². The number of ether oxygens (including phenoxy) is 1. The van der Waals surface area contributed by atoms with E-state index in [2.05, 4.69) is 95.2 Å². The molecule has 201 valence electrons. The zero-order valence-corrected chi connectivity index (χ0v) is 27.4. The van der Waals surface area contributed by atoms with Crippen LogP contribution in [-0.2, 0) is 9.53 Å². The Kier molecular flexibility index (Phi) is 7.77. The van der Waals surface area contributed by atoms with Crippen molar-refractivity contribution < 1.29 is 14.6 Å². The van der Waals surface area contributed by atoms with Gasteiger partial charge in [0.15, 0.2) is 0 Å². The van der Waals surface area contributed by atoms with Gasteiger partial charge in [-0.05, 0) is 0 Å². The van der Waals surface area contributed by atoms with Crippen LogP contribution in [0.5, 0.6) is 0 Å². The molecule has 2 heterocycles. The molecule has 37 heavy (non-hydrogen) atoms. The van der Waals surface area contributed by atoms with Crippen LogP contribution in [0.4, 0.5) is 0 Å². The standard InChI is InChI=1S/C33H45O3Te/c1-19(21-17-23(30(2,3)4)36-24(18-21)31(5,6)7)27-28(34)22(29(27)35)14-20-15-25(32(8,9)10)37-26(16-20)33(11,12)13/h14-18,34H,1-13H3. The van der Waals surface area contributed by atoms with Gasteiger partial charge >= 0.3 is 194 Å². The number of hydrogen-bond acceptors (Lipinski definition) is 3. The molecule has 3 nitrogen and oxygen atoms in total. The summed E-state index contributed by atoms with van der Waals surface area (Å²) in [5.74, 6) is 1.71. The molecular formula is C33H45O3Te. The van der Waals surface area contributed by atoms with Crippen molar-refractivity contribution >= 4 is 29.8 Å². The first-order valence-corrected chi connectivity index (χ1v) is 15.5. The summed E-state index contributed by atoms with van der Waals surface area (Å²) in [6.07, 6.45) is 10.4. The summed E-state index contributed by atoms with van der Waals surface area (Å²) in [6, 6.07) is 0. The molecule has 0 bridgehead atoms. The Morgan fingerprint density at radius 1 is 0.784 bits per heavy atom. The van der Waals surface area contributed by atoms with Crippen molar-refractivity contribution in [2.45, 2.75) is 90.0 Å². The molecule has 0 unspecified atom stereocenters. The first-order valence-electron chi connectivity index (χ1n) is 13.1. The van der Waals surface area contributed by atoms with Crippen LogP contribution < -0.4 is 0 Å². The Balaban J connectivity index is 2.10. The number of allylic oxidation sites excluding steroid dienone is 13. The number of rotatable bonds is 2. The van der Waals surface area contributed by atoms with Gasteiger partial charge in [-0.1, -0.05) is 41.5 Å². The Bertz CT molecular complexity index is 1230. The van der Waals surface area contributed by atoms with Gasteiger partial charge in [0.2, 0.25) is 0 Å². The molecular weight excluding hydrogens is 572 g/mol. The first kappa shape index (κ1) is 29.7. The second-order valence-electron chi connectivity index (χ2n) is 14.4. The Hall–Kier alpha value is -1.89. The quantitative estimate of drug-likeness (QED) is 0.251. The van der Waals surface area contributed by atoms with Crippen molar-refractivity contribution in [3.63, 3.8) is 0 Å². The topological polar surface area (TPSA) is 46.5 Å². The van der Waals surface area contributed by atoms with E-state index in [1.165, 1.54) is 7.17 Å². The van der Waals surface area contributed by atoms with E-state index < -0.39 is 20.5 Å². The third-order valence-electron chi connectivity index (χ3n) is 6.65. The van der Waals surface area contributed by atoms with Crippen LogP contribution >= 0.6 is 0 Å². The van der Waals surface area contributed by atoms with Crippen molar-refractivity contribution in [3.8, 4) is 0 Å². The number of hydrogen-bond donors (Lipinski definition) is 1. The summed E-state index contributed by atoms with van der Waals surface area (Å²) in [7, 11) is 0. The number of ketones is 1. The van der Waals surface area contributed by atoms with Gasteiger partial charge < -0.3 is 0 Å². The summed E-state index contributed by atoms with van der Waals surface area (Å²) in [5, 5.41) is 11.1. The zero-order valence-electron chi connectivity index (χ0n) is 25.1. The molecule has 0 amide bonds. The van der Waals surface area contributed by atoms with Crippen LogP contribution in [0.25, 0.3) is 0 Å². The van der Waals surface area contributed by atoms with Gasteiger partial charge in [0.25, 0.3) is 0 Å². The number of aliphatic hydroxyl groups excluding tert-OH is 1. The van der Waals surface area contributed by atoms with E-state index in [4.69, 9.17) is 4.74 Å². The summed E-state index contributed by atoms with van der Waals surface area (Å²) >= 11 is -0.448. The van der Waals surface area contributed by atoms with Crippen molar-refractivity contribution in [1.29, 1.82) is 0 Å². The van der Waals surface area contributed by atoms with Gasteiger partial charge in [0.1, 0.15) is 0 Å². The maximum absolute atomic E-state index is 13.4. The van der Waals surface area contributed by atoms with E-state index in [-0.39, 0.29) is 33.2 Å². The predicted molar refractivity (Wildman–Crippen MR) is 157 cm³/mol. The van der Waals surface area contributed by atoms with E-state index in [0.29, 0.717) is 11.1 Å². The molecule has 3 rings (SSSR count). The molecule has 0 spiro atoms. The average Bonchev–Trinajstić information content (AvgIpc) is 2.74. The molecule has 1 radical (unpaired) electrons. The molecule has 3 aliphatic rings. The van der Waals surface area contributed by atoms with Crippen LogP contribution in [0.2, 0.25) is 0 Å². The predicted octanol–water partition coefficient (Wildman–Crippen LogP) is 8.31. The molecule has 1 aliphatic carbocycles. The van der Waals surface area contributed by atoms with Crippen molar-refractivity contribution in [2.24, 2.45) is 21.7 Å². The summed E-state index contributed by atoms with van der Waals surface area (Å²) in [6.45, 7) is 28.2. The van der Waals surface area contributed by atoms with E-state index in [9.17, 15) is 9.90 Å². The number of carbonyl (C=O) groups excluding carboxylic acids is 1. The Morgan fingerprint density at radius 2 is 1.30 bits per heavy atom. The van der Waals surface area contributed by atoms with Crippen molar-refractivity contribution in [3.05, 3.63) is 79.1 Å². The van der Waals surface area contributed by atoms with Crippen LogP contribution in [0.3, 0.4) is 0 Å². The average molecular weight is 617 g/mol. The van der Waals surface area contributed by atoms with E-state index in [0.717, 1.165) is 28.2 Å². The molecule has 2 aliphatic heterocycles. The number of Topliss-reactive ketones (excluding diaryl/α,β-unsaturated/α-hetero) is 1. The molecule has 1 N–H and O–H groups in total. The molecule has 0 aromatic carbocycles. The van der Waals surface area contributed by atoms with Gasteiger partial charge in [0, 0.05) is 0 Å². The molecule has 4 heteroatoms. The molecule has 0 aromatic rings. The number of carbonyl (C=O) groups is 1. The van der Waals surface area contributed by atoms with E-state index in [1.54, 1.807) is 0 Å². The van der Waals surface area contributed by atoms with Crippen LogP contribution in [-0.4, -0.2) is 34.9 Å². The summed E-state index contributed by atoms with van der Waals surface area (Å²) < 4.78 is 9.21. The minimum absolute atomic E-state index is 0.0850. The summed E-state index contributed by atoms with van der Waals surface area (Å²) in [5.41, 5.74) is 3.30.